The summed E-state index contributed by atoms with van der Waals surface area (Å²) in [6.07, 6.45) is 7.69. The molecule has 1 aliphatic heterocycles. The van der Waals surface area contributed by atoms with Crippen LogP contribution >= 0.6 is 0 Å². The van der Waals surface area contributed by atoms with Gasteiger partial charge in [0.05, 0.1) is 12.0 Å². The number of imidazole rings is 1. The fourth-order valence-corrected chi connectivity index (χ4v) is 2.36. The smallest absolute Gasteiger partial charge is 0.0945 e. The van der Waals surface area contributed by atoms with Crippen molar-refractivity contribution in [3.05, 3.63) is 18.2 Å². The number of aryl methyl sites for hydroxylation is 1. The highest BCUT2D eigenvalue weighted by Gasteiger charge is 2.17. The summed E-state index contributed by atoms with van der Waals surface area (Å²) in [5.74, 6) is 0. The van der Waals surface area contributed by atoms with Crippen LogP contribution in [0.25, 0.3) is 0 Å². The minimum Gasteiger partial charge on any atom is -0.337 e. The van der Waals surface area contributed by atoms with Gasteiger partial charge >= 0.3 is 0 Å². The molecule has 0 radical (unpaired) electrons. The molecule has 1 aliphatic rings. The Morgan fingerprint density at radius 2 is 2.38 bits per heavy atom. The standard InChI is InChI=1S/C12H22N4/c1-15(9-12-8-14-10-16(12)2)11-4-3-6-13-7-5-11/h8,10-11,13H,3-7,9H2,1-2H3. The van der Waals surface area contributed by atoms with Crippen molar-refractivity contribution in [2.45, 2.75) is 31.8 Å². The molecule has 16 heavy (non-hydrogen) atoms. The topological polar surface area (TPSA) is 33.1 Å². The molecule has 2 heterocycles. The van der Waals surface area contributed by atoms with Gasteiger partial charge in [-0.3, -0.25) is 4.90 Å². The second-order valence-corrected chi connectivity index (χ2v) is 4.75. The fraction of sp³-hybridized carbons (Fsp3) is 0.750. The predicted molar refractivity (Wildman–Crippen MR) is 65.2 cm³/mol. The molecular formula is C12H22N4. The van der Waals surface area contributed by atoms with Gasteiger partial charge in [0.25, 0.3) is 0 Å². The molecule has 0 bridgehead atoms. The van der Waals surface area contributed by atoms with Crippen molar-refractivity contribution < 1.29 is 0 Å². The van der Waals surface area contributed by atoms with Crippen molar-refractivity contribution in [2.24, 2.45) is 7.05 Å². The lowest BCUT2D eigenvalue weighted by molar-refractivity contribution is 0.212. The first-order valence-corrected chi connectivity index (χ1v) is 6.13. The molecule has 2 rings (SSSR count). The minimum absolute atomic E-state index is 0.713. The lowest BCUT2D eigenvalue weighted by atomic mass is 10.1. The van der Waals surface area contributed by atoms with Gasteiger partial charge in [0, 0.05) is 25.8 Å². The highest BCUT2D eigenvalue weighted by molar-refractivity contribution is 4.97. The van der Waals surface area contributed by atoms with E-state index in [1.807, 2.05) is 12.5 Å². The normalized spacial score (nSPS) is 22.3. The Morgan fingerprint density at radius 3 is 3.12 bits per heavy atom. The third kappa shape index (κ3) is 2.83. The Bertz CT molecular complexity index is 313. The maximum atomic E-state index is 4.16. The second-order valence-electron chi connectivity index (χ2n) is 4.75. The second kappa shape index (κ2) is 5.46. The maximum Gasteiger partial charge on any atom is 0.0945 e. The zero-order valence-electron chi connectivity index (χ0n) is 10.3. The van der Waals surface area contributed by atoms with E-state index in [0.717, 1.165) is 13.1 Å². The largest absolute Gasteiger partial charge is 0.337 e. The van der Waals surface area contributed by atoms with Crippen molar-refractivity contribution in [2.75, 3.05) is 20.1 Å². The summed E-state index contributed by atoms with van der Waals surface area (Å²) < 4.78 is 2.10. The van der Waals surface area contributed by atoms with Crippen molar-refractivity contribution in [1.82, 2.24) is 19.8 Å². The van der Waals surface area contributed by atoms with Gasteiger partial charge in [0.2, 0.25) is 0 Å². The minimum atomic E-state index is 0.713. The van der Waals surface area contributed by atoms with Gasteiger partial charge in [0.15, 0.2) is 0 Å². The number of nitrogens with one attached hydrogen (secondary N) is 1. The number of hydrogen-bond acceptors (Lipinski definition) is 3. The van der Waals surface area contributed by atoms with E-state index in [1.165, 1.54) is 31.5 Å². The van der Waals surface area contributed by atoms with Crippen LogP contribution in [-0.4, -0.2) is 40.6 Å². The van der Waals surface area contributed by atoms with Crippen molar-refractivity contribution >= 4 is 0 Å². The average Bonchev–Trinajstić information content (AvgIpc) is 2.57. The summed E-state index contributed by atoms with van der Waals surface area (Å²) in [5, 5.41) is 3.46. The maximum absolute atomic E-state index is 4.16. The van der Waals surface area contributed by atoms with Crippen molar-refractivity contribution in [3.63, 3.8) is 0 Å². The van der Waals surface area contributed by atoms with Gasteiger partial charge in [0.1, 0.15) is 0 Å². The van der Waals surface area contributed by atoms with Crippen molar-refractivity contribution in [3.8, 4) is 0 Å². The molecule has 1 atom stereocenters. The van der Waals surface area contributed by atoms with Gasteiger partial charge in [-0.1, -0.05) is 0 Å². The van der Waals surface area contributed by atoms with Crippen LogP contribution in [0.15, 0.2) is 12.5 Å². The van der Waals surface area contributed by atoms with Gasteiger partial charge in [-0.15, -0.1) is 0 Å². The Morgan fingerprint density at radius 1 is 1.50 bits per heavy atom. The zero-order chi connectivity index (χ0) is 11.4. The lowest BCUT2D eigenvalue weighted by Gasteiger charge is -2.26. The van der Waals surface area contributed by atoms with E-state index in [1.54, 1.807) is 0 Å². The summed E-state index contributed by atoms with van der Waals surface area (Å²) >= 11 is 0. The average molecular weight is 222 g/mol. The Hall–Kier alpha value is -0.870. The number of nitrogens with zero attached hydrogens (tertiary/aromatic N) is 3. The predicted octanol–water partition coefficient (Wildman–Crippen LogP) is 0.994. The lowest BCUT2D eigenvalue weighted by Crippen LogP contribution is -2.32. The van der Waals surface area contributed by atoms with Gasteiger partial charge in [-0.25, -0.2) is 4.98 Å². The molecule has 1 fully saturated rings. The molecule has 90 valence electrons. The molecule has 4 nitrogen and oxygen atoms in total. The van der Waals surface area contributed by atoms with E-state index >= 15 is 0 Å². The third-order valence-corrected chi connectivity index (χ3v) is 3.50. The quantitative estimate of drug-likeness (QED) is 0.828. The molecule has 4 heteroatoms. The molecule has 0 aliphatic carbocycles. The molecule has 0 saturated carbocycles. The van der Waals surface area contributed by atoms with Crippen LogP contribution in [0.5, 0.6) is 0 Å². The van der Waals surface area contributed by atoms with Crippen LogP contribution in [0.2, 0.25) is 0 Å². The zero-order valence-corrected chi connectivity index (χ0v) is 10.3. The SMILES string of the molecule is CN(Cc1cncn1C)C1CCCNCC1. The molecule has 0 spiro atoms. The van der Waals surface area contributed by atoms with Crippen LogP contribution < -0.4 is 5.32 Å². The summed E-state index contributed by atoms with van der Waals surface area (Å²) in [7, 11) is 4.29. The number of aromatic nitrogens is 2. The van der Waals surface area contributed by atoms with E-state index < -0.39 is 0 Å². The first-order chi connectivity index (χ1) is 7.77. The summed E-state index contributed by atoms with van der Waals surface area (Å²) in [6.45, 7) is 3.33. The summed E-state index contributed by atoms with van der Waals surface area (Å²) in [6, 6.07) is 0.713. The highest BCUT2D eigenvalue weighted by atomic mass is 15.2. The Kier molecular flexibility index (Phi) is 3.96. The monoisotopic (exact) mass is 222 g/mol. The van der Waals surface area contributed by atoms with Crippen LogP contribution in [0, 0.1) is 0 Å². The van der Waals surface area contributed by atoms with Gasteiger partial charge < -0.3 is 9.88 Å². The molecule has 1 saturated heterocycles. The molecule has 1 aromatic rings. The van der Waals surface area contributed by atoms with Crippen LogP contribution in [0.4, 0.5) is 0 Å². The van der Waals surface area contributed by atoms with Crippen molar-refractivity contribution in [1.29, 1.82) is 0 Å². The van der Waals surface area contributed by atoms with E-state index in [2.05, 4.69) is 33.9 Å². The molecule has 1 unspecified atom stereocenters. The molecule has 1 aromatic heterocycles. The van der Waals surface area contributed by atoms with Gasteiger partial charge in [-0.2, -0.15) is 0 Å². The van der Waals surface area contributed by atoms with Crippen LogP contribution in [0.1, 0.15) is 25.0 Å². The number of hydrogen-bond donors (Lipinski definition) is 1. The first kappa shape index (κ1) is 11.6. The Labute approximate surface area is 97.7 Å². The highest BCUT2D eigenvalue weighted by Crippen LogP contribution is 2.14. The first-order valence-electron chi connectivity index (χ1n) is 6.13. The van der Waals surface area contributed by atoms with Crippen LogP contribution in [0.3, 0.4) is 0 Å². The van der Waals surface area contributed by atoms with Gasteiger partial charge in [-0.05, 0) is 39.4 Å². The molecular weight excluding hydrogens is 200 g/mol. The summed E-state index contributed by atoms with van der Waals surface area (Å²) in [4.78, 5) is 6.62. The molecule has 1 N–H and O–H groups in total. The van der Waals surface area contributed by atoms with E-state index in [-0.39, 0.29) is 0 Å². The molecule has 0 aromatic carbocycles. The third-order valence-electron chi connectivity index (χ3n) is 3.50. The van der Waals surface area contributed by atoms with E-state index in [0.29, 0.717) is 6.04 Å². The fourth-order valence-electron chi connectivity index (χ4n) is 2.36. The number of rotatable bonds is 3. The van der Waals surface area contributed by atoms with E-state index in [4.69, 9.17) is 0 Å². The summed E-state index contributed by atoms with van der Waals surface area (Å²) in [5.41, 5.74) is 1.29. The molecule has 0 amide bonds. The van der Waals surface area contributed by atoms with Crippen LogP contribution in [-0.2, 0) is 13.6 Å². The Balaban J connectivity index is 1.91. The van der Waals surface area contributed by atoms with E-state index in [9.17, 15) is 0 Å².